The average Bonchev–Trinajstić information content (AvgIpc) is 2.79. The number of unbranched alkanes of at least 4 members (excludes halogenated alkanes) is 1. The van der Waals surface area contributed by atoms with Gasteiger partial charge in [0.05, 0.1) is 12.3 Å². The van der Waals surface area contributed by atoms with E-state index in [0.717, 1.165) is 35.3 Å². The van der Waals surface area contributed by atoms with Crippen LogP contribution in [-0.2, 0) is 11.4 Å². The van der Waals surface area contributed by atoms with E-state index in [0.29, 0.717) is 24.7 Å². The summed E-state index contributed by atoms with van der Waals surface area (Å²) in [5.74, 6) is 1.20. The molecule has 0 atom stereocenters. The zero-order chi connectivity index (χ0) is 21.2. The van der Waals surface area contributed by atoms with Crippen molar-refractivity contribution in [2.24, 2.45) is 0 Å². The van der Waals surface area contributed by atoms with Crippen molar-refractivity contribution >= 4 is 11.6 Å². The second kappa shape index (κ2) is 10.9. The average molecular weight is 402 g/mol. The van der Waals surface area contributed by atoms with Crippen LogP contribution < -0.4 is 14.8 Å². The molecule has 0 saturated carbocycles. The summed E-state index contributed by atoms with van der Waals surface area (Å²) in [5.41, 5.74) is 3.67. The number of para-hydroxylation sites is 1. The molecule has 0 unspecified atom stereocenters. The number of ether oxygens (including phenoxy) is 2. The molecular formula is C26H27NO3. The van der Waals surface area contributed by atoms with Gasteiger partial charge in [-0.25, -0.2) is 0 Å². The fourth-order valence-electron chi connectivity index (χ4n) is 2.99. The molecule has 0 radical (unpaired) electrons. The fraction of sp³-hybridized carbons (Fsp3) is 0.192. The Morgan fingerprint density at radius 2 is 1.73 bits per heavy atom. The summed E-state index contributed by atoms with van der Waals surface area (Å²) < 4.78 is 11.9. The van der Waals surface area contributed by atoms with Crippen LogP contribution in [0.2, 0.25) is 0 Å². The Bertz CT molecular complexity index is 965. The fourth-order valence-corrected chi connectivity index (χ4v) is 2.99. The first-order valence-electron chi connectivity index (χ1n) is 10.2. The minimum atomic E-state index is -0.267. The summed E-state index contributed by atoms with van der Waals surface area (Å²) in [5, 5.41) is 2.84. The van der Waals surface area contributed by atoms with Crippen molar-refractivity contribution in [3.63, 3.8) is 0 Å². The lowest BCUT2D eigenvalue weighted by Gasteiger charge is -2.16. The van der Waals surface area contributed by atoms with E-state index in [2.05, 4.69) is 18.8 Å². The molecular weight excluding hydrogens is 374 g/mol. The topological polar surface area (TPSA) is 47.6 Å². The molecule has 154 valence electrons. The maximum absolute atomic E-state index is 11.8. The van der Waals surface area contributed by atoms with Gasteiger partial charge in [-0.1, -0.05) is 74.5 Å². The van der Waals surface area contributed by atoms with Gasteiger partial charge in [0.1, 0.15) is 12.4 Å². The number of benzene rings is 3. The van der Waals surface area contributed by atoms with Crippen molar-refractivity contribution in [1.82, 2.24) is 0 Å². The summed E-state index contributed by atoms with van der Waals surface area (Å²) in [6.07, 6.45) is 3.22. The van der Waals surface area contributed by atoms with E-state index in [1.807, 2.05) is 72.8 Å². The van der Waals surface area contributed by atoms with E-state index >= 15 is 0 Å². The van der Waals surface area contributed by atoms with Gasteiger partial charge in [0.2, 0.25) is 5.91 Å². The zero-order valence-corrected chi connectivity index (χ0v) is 17.3. The number of rotatable bonds is 10. The maximum Gasteiger partial charge on any atom is 0.247 e. The molecule has 4 nitrogen and oxygen atoms in total. The van der Waals surface area contributed by atoms with Gasteiger partial charge in [-0.05, 0) is 41.8 Å². The number of anilines is 1. The normalized spacial score (nSPS) is 10.3. The molecule has 3 aromatic carbocycles. The third-order valence-corrected chi connectivity index (χ3v) is 4.62. The Kier molecular flexibility index (Phi) is 7.67. The molecule has 0 aliphatic rings. The third-order valence-electron chi connectivity index (χ3n) is 4.62. The second-order valence-electron chi connectivity index (χ2n) is 6.88. The van der Waals surface area contributed by atoms with E-state index in [9.17, 15) is 4.79 Å². The molecule has 0 aliphatic heterocycles. The maximum atomic E-state index is 11.8. The molecule has 0 saturated heterocycles. The quantitative estimate of drug-likeness (QED) is 0.323. The molecule has 0 aromatic heterocycles. The van der Waals surface area contributed by atoms with Crippen LogP contribution in [0.25, 0.3) is 11.1 Å². The van der Waals surface area contributed by atoms with Crippen molar-refractivity contribution in [2.75, 3.05) is 11.9 Å². The molecule has 0 spiro atoms. The molecule has 3 rings (SSSR count). The van der Waals surface area contributed by atoms with Crippen molar-refractivity contribution in [2.45, 2.75) is 26.4 Å². The number of carbonyl (C=O) groups excluding carboxylic acids is 1. The first-order valence-corrected chi connectivity index (χ1v) is 10.2. The Hall–Kier alpha value is -3.53. The second-order valence-corrected chi connectivity index (χ2v) is 6.88. The summed E-state index contributed by atoms with van der Waals surface area (Å²) in [4.78, 5) is 11.8. The van der Waals surface area contributed by atoms with Crippen LogP contribution in [0.15, 0.2) is 85.5 Å². The summed E-state index contributed by atoms with van der Waals surface area (Å²) in [6, 6.07) is 23.7. The highest BCUT2D eigenvalue weighted by molar-refractivity contribution is 6.01. The van der Waals surface area contributed by atoms with Gasteiger partial charge >= 0.3 is 0 Å². The number of amides is 1. The summed E-state index contributed by atoms with van der Waals surface area (Å²) >= 11 is 0. The highest BCUT2D eigenvalue weighted by Gasteiger charge is 2.13. The molecule has 0 bridgehead atoms. The predicted octanol–water partition coefficient (Wildman–Crippen LogP) is 6.24. The van der Waals surface area contributed by atoms with E-state index in [1.54, 1.807) is 0 Å². The largest absolute Gasteiger partial charge is 0.491 e. The van der Waals surface area contributed by atoms with E-state index in [1.165, 1.54) is 6.08 Å². The van der Waals surface area contributed by atoms with Crippen LogP contribution in [0, 0.1) is 0 Å². The molecule has 4 heteroatoms. The minimum Gasteiger partial charge on any atom is -0.491 e. The van der Waals surface area contributed by atoms with Gasteiger partial charge < -0.3 is 14.8 Å². The lowest BCUT2D eigenvalue weighted by atomic mass is 10.0. The first-order chi connectivity index (χ1) is 14.7. The van der Waals surface area contributed by atoms with Crippen LogP contribution in [-0.4, -0.2) is 12.5 Å². The minimum absolute atomic E-state index is 0.267. The number of hydrogen-bond acceptors (Lipinski definition) is 3. The SMILES string of the molecule is C=CC(=O)Nc1cccc(-c2ccc(OCc3ccccc3)cc2)c1OCCCC. The number of carbonyl (C=O) groups is 1. The van der Waals surface area contributed by atoms with Crippen LogP contribution in [0.4, 0.5) is 5.69 Å². The smallest absolute Gasteiger partial charge is 0.247 e. The Morgan fingerprint density at radius 3 is 2.43 bits per heavy atom. The Labute approximate surface area is 178 Å². The molecule has 1 amide bonds. The van der Waals surface area contributed by atoms with Crippen LogP contribution in [0.1, 0.15) is 25.3 Å². The zero-order valence-electron chi connectivity index (χ0n) is 17.3. The highest BCUT2D eigenvalue weighted by atomic mass is 16.5. The molecule has 30 heavy (non-hydrogen) atoms. The van der Waals surface area contributed by atoms with Gasteiger partial charge in [-0.15, -0.1) is 0 Å². The molecule has 0 fully saturated rings. The molecule has 0 aliphatic carbocycles. The van der Waals surface area contributed by atoms with Gasteiger partial charge in [-0.2, -0.15) is 0 Å². The monoisotopic (exact) mass is 401 g/mol. The number of nitrogens with one attached hydrogen (secondary N) is 1. The van der Waals surface area contributed by atoms with E-state index in [-0.39, 0.29) is 5.91 Å². The first kappa shape index (κ1) is 21.2. The highest BCUT2D eigenvalue weighted by Crippen LogP contribution is 2.37. The van der Waals surface area contributed by atoms with Crippen molar-refractivity contribution in [1.29, 1.82) is 0 Å². The summed E-state index contributed by atoms with van der Waals surface area (Å²) in [7, 11) is 0. The standard InChI is InChI=1S/C26H27NO3/c1-3-5-18-29-26-23(12-9-13-24(26)27-25(28)4-2)21-14-16-22(17-15-21)30-19-20-10-7-6-8-11-20/h4,6-17H,2-3,5,18-19H2,1H3,(H,27,28). The Balaban J connectivity index is 1.81. The predicted molar refractivity (Wildman–Crippen MR) is 122 cm³/mol. The van der Waals surface area contributed by atoms with Crippen LogP contribution in [0.5, 0.6) is 11.5 Å². The van der Waals surface area contributed by atoms with Crippen LogP contribution >= 0.6 is 0 Å². The van der Waals surface area contributed by atoms with Crippen molar-refractivity contribution in [3.05, 3.63) is 91.0 Å². The molecule has 1 N–H and O–H groups in total. The lowest BCUT2D eigenvalue weighted by molar-refractivity contribution is -0.111. The van der Waals surface area contributed by atoms with Crippen LogP contribution in [0.3, 0.4) is 0 Å². The van der Waals surface area contributed by atoms with Crippen molar-refractivity contribution < 1.29 is 14.3 Å². The van der Waals surface area contributed by atoms with E-state index < -0.39 is 0 Å². The van der Waals surface area contributed by atoms with Gasteiger partial charge in [0.25, 0.3) is 0 Å². The Morgan fingerprint density at radius 1 is 0.967 bits per heavy atom. The lowest BCUT2D eigenvalue weighted by Crippen LogP contribution is -2.10. The van der Waals surface area contributed by atoms with E-state index in [4.69, 9.17) is 9.47 Å². The van der Waals surface area contributed by atoms with Crippen molar-refractivity contribution in [3.8, 4) is 22.6 Å². The number of hydrogen-bond donors (Lipinski definition) is 1. The molecule has 0 heterocycles. The van der Waals surface area contributed by atoms with Gasteiger partial charge in [-0.3, -0.25) is 4.79 Å². The van der Waals surface area contributed by atoms with Gasteiger partial charge in [0, 0.05) is 5.56 Å². The molecule has 3 aromatic rings. The third kappa shape index (κ3) is 5.74. The summed E-state index contributed by atoms with van der Waals surface area (Å²) in [6.45, 7) is 6.75. The van der Waals surface area contributed by atoms with Gasteiger partial charge in [0.15, 0.2) is 5.75 Å².